The van der Waals surface area contributed by atoms with Crippen molar-refractivity contribution in [3.63, 3.8) is 0 Å². The molecule has 60 valence electrons. The fraction of sp³-hybridized carbons (Fsp3) is 1.00. The van der Waals surface area contributed by atoms with Crippen LogP contribution in [-0.2, 0) is 0 Å². The van der Waals surface area contributed by atoms with E-state index in [1.807, 2.05) is 6.92 Å². The molecule has 1 rings (SSSR count). The van der Waals surface area contributed by atoms with Gasteiger partial charge < -0.3 is 10.0 Å². The molecule has 0 spiro atoms. The number of likely N-dealkylation sites (tertiary alicyclic amines) is 1. The lowest BCUT2D eigenvalue weighted by Crippen LogP contribution is -2.28. The lowest BCUT2D eigenvalue weighted by atomic mass is 10.2. The number of hydrogen-bond acceptors (Lipinski definition) is 2. The summed E-state index contributed by atoms with van der Waals surface area (Å²) >= 11 is 0. The van der Waals surface area contributed by atoms with Crippen LogP contribution in [0.5, 0.6) is 0 Å². The molecule has 0 saturated carbocycles. The van der Waals surface area contributed by atoms with E-state index in [0.29, 0.717) is 0 Å². The van der Waals surface area contributed by atoms with Crippen molar-refractivity contribution in [3.05, 3.63) is 0 Å². The second-order valence-corrected chi connectivity index (χ2v) is 3.50. The van der Waals surface area contributed by atoms with E-state index in [4.69, 9.17) is 5.11 Å². The molecule has 1 saturated heterocycles. The van der Waals surface area contributed by atoms with Gasteiger partial charge in [-0.05, 0) is 25.8 Å². The van der Waals surface area contributed by atoms with Crippen LogP contribution in [0.4, 0.5) is 0 Å². The molecule has 1 aliphatic heterocycles. The van der Waals surface area contributed by atoms with E-state index in [0.717, 1.165) is 12.5 Å². The van der Waals surface area contributed by atoms with Gasteiger partial charge in [0.2, 0.25) is 0 Å². The van der Waals surface area contributed by atoms with Crippen LogP contribution in [0.15, 0.2) is 0 Å². The molecule has 0 aromatic rings. The summed E-state index contributed by atoms with van der Waals surface area (Å²) in [6.07, 6.45) is 1.14. The first-order chi connectivity index (χ1) is 4.68. The Bertz CT molecular complexity index is 103. The van der Waals surface area contributed by atoms with E-state index in [1.165, 1.54) is 19.5 Å². The Kier molecular flexibility index (Phi) is 2.69. The van der Waals surface area contributed by atoms with Gasteiger partial charge in [0.1, 0.15) is 0 Å². The summed E-state index contributed by atoms with van der Waals surface area (Å²) in [6, 6.07) is 0. The molecule has 1 heterocycles. The van der Waals surface area contributed by atoms with E-state index < -0.39 is 0 Å². The van der Waals surface area contributed by atoms with Crippen LogP contribution in [0.1, 0.15) is 20.3 Å². The summed E-state index contributed by atoms with van der Waals surface area (Å²) in [5, 5.41) is 9.06. The van der Waals surface area contributed by atoms with E-state index in [-0.39, 0.29) is 6.10 Å². The van der Waals surface area contributed by atoms with Gasteiger partial charge in [0, 0.05) is 13.1 Å². The summed E-state index contributed by atoms with van der Waals surface area (Å²) in [4.78, 5) is 2.33. The third-order valence-electron chi connectivity index (χ3n) is 2.03. The summed E-state index contributed by atoms with van der Waals surface area (Å²) in [7, 11) is 0. The summed E-state index contributed by atoms with van der Waals surface area (Å²) in [5.41, 5.74) is 0. The highest BCUT2D eigenvalue weighted by molar-refractivity contribution is 4.73. The van der Waals surface area contributed by atoms with Gasteiger partial charge in [-0.1, -0.05) is 6.92 Å². The Hall–Kier alpha value is -0.0800. The van der Waals surface area contributed by atoms with Gasteiger partial charge in [0.25, 0.3) is 0 Å². The number of aliphatic hydroxyl groups is 1. The number of β-amino-alcohol motifs (C(OH)–C–C–N with tert-alkyl or cyclic N) is 1. The van der Waals surface area contributed by atoms with Crippen LogP contribution < -0.4 is 0 Å². The Morgan fingerprint density at radius 3 is 2.80 bits per heavy atom. The molecular weight excluding hydrogens is 126 g/mol. The molecule has 2 heteroatoms. The van der Waals surface area contributed by atoms with Crippen molar-refractivity contribution < 1.29 is 5.11 Å². The van der Waals surface area contributed by atoms with Gasteiger partial charge in [-0.2, -0.15) is 0 Å². The predicted octanol–water partition coefficient (Wildman–Crippen LogP) is 0.709. The first-order valence-corrected chi connectivity index (χ1v) is 4.09. The summed E-state index contributed by atoms with van der Waals surface area (Å²) in [6.45, 7) is 7.31. The fourth-order valence-electron chi connectivity index (χ4n) is 1.57. The highest BCUT2D eigenvalue weighted by Crippen LogP contribution is 2.14. The van der Waals surface area contributed by atoms with Gasteiger partial charge in [-0.25, -0.2) is 0 Å². The summed E-state index contributed by atoms with van der Waals surface area (Å²) in [5.74, 6) is 0.832. The molecule has 0 aliphatic carbocycles. The zero-order valence-electron chi connectivity index (χ0n) is 6.88. The molecule has 10 heavy (non-hydrogen) atoms. The molecule has 0 radical (unpaired) electrons. The molecule has 0 bridgehead atoms. The quantitative estimate of drug-likeness (QED) is 0.615. The van der Waals surface area contributed by atoms with Crippen LogP contribution in [0.2, 0.25) is 0 Å². The van der Waals surface area contributed by atoms with E-state index in [2.05, 4.69) is 11.8 Å². The average Bonchev–Trinajstić information content (AvgIpc) is 2.13. The zero-order chi connectivity index (χ0) is 7.56. The molecule has 1 N–H and O–H groups in total. The van der Waals surface area contributed by atoms with Crippen molar-refractivity contribution in [2.45, 2.75) is 26.4 Å². The SMILES string of the molecule is CC1CCN(C[C@@H](C)O)C1. The monoisotopic (exact) mass is 143 g/mol. The second kappa shape index (κ2) is 3.35. The van der Waals surface area contributed by atoms with E-state index in [1.54, 1.807) is 0 Å². The number of nitrogens with zero attached hydrogens (tertiary/aromatic N) is 1. The lowest BCUT2D eigenvalue weighted by Gasteiger charge is -2.16. The Labute approximate surface area is 62.8 Å². The summed E-state index contributed by atoms with van der Waals surface area (Å²) < 4.78 is 0. The standard InChI is InChI=1S/C8H17NO/c1-7-3-4-9(5-7)6-8(2)10/h7-8,10H,3-6H2,1-2H3/t7?,8-/m1/s1. The Morgan fingerprint density at radius 1 is 1.70 bits per heavy atom. The van der Waals surface area contributed by atoms with Crippen molar-refractivity contribution in [1.82, 2.24) is 4.90 Å². The topological polar surface area (TPSA) is 23.5 Å². The van der Waals surface area contributed by atoms with Crippen molar-refractivity contribution >= 4 is 0 Å². The maximum absolute atomic E-state index is 9.06. The minimum atomic E-state index is -0.162. The molecule has 2 nitrogen and oxygen atoms in total. The third kappa shape index (κ3) is 2.27. The minimum Gasteiger partial charge on any atom is -0.392 e. The second-order valence-electron chi connectivity index (χ2n) is 3.50. The molecule has 1 unspecified atom stereocenters. The molecule has 0 amide bonds. The van der Waals surface area contributed by atoms with Crippen molar-refractivity contribution in [2.24, 2.45) is 5.92 Å². The van der Waals surface area contributed by atoms with Crippen LogP contribution in [0.3, 0.4) is 0 Å². The molecule has 1 fully saturated rings. The molecule has 0 aromatic heterocycles. The van der Waals surface area contributed by atoms with Crippen LogP contribution in [0.25, 0.3) is 0 Å². The number of aliphatic hydroxyl groups excluding tert-OH is 1. The van der Waals surface area contributed by atoms with Gasteiger partial charge >= 0.3 is 0 Å². The average molecular weight is 143 g/mol. The molecule has 2 atom stereocenters. The van der Waals surface area contributed by atoms with Gasteiger partial charge in [0.05, 0.1) is 6.10 Å². The van der Waals surface area contributed by atoms with Crippen LogP contribution in [0, 0.1) is 5.92 Å². The van der Waals surface area contributed by atoms with Crippen molar-refractivity contribution in [2.75, 3.05) is 19.6 Å². The lowest BCUT2D eigenvalue weighted by molar-refractivity contribution is 0.139. The zero-order valence-corrected chi connectivity index (χ0v) is 6.88. The number of rotatable bonds is 2. The van der Waals surface area contributed by atoms with Crippen molar-refractivity contribution in [1.29, 1.82) is 0 Å². The third-order valence-corrected chi connectivity index (χ3v) is 2.03. The highest BCUT2D eigenvalue weighted by atomic mass is 16.3. The van der Waals surface area contributed by atoms with Gasteiger partial charge in [-0.15, -0.1) is 0 Å². The minimum absolute atomic E-state index is 0.162. The van der Waals surface area contributed by atoms with E-state index >= 15 is 0 Å². The Morgan fingerprint density at radius 2 is 2.40 bits per heavy atom. The normalized spacial score (nSPS) is 30.9. The number of hydrogen-bond donors (Lipinski definition) is 1. The highest BCUT2D eigenvalue weighted by Gasteiger charge is 2.18. The first kappa shape index (κ1) is 8.02. The maximum Gasteiger partial charge on any atom is 0.0639 e. The maximum atomic E-state index is 9.06. The Balaban J connectivity index is 2.18. The molecule has 1 aliphatic rings. The van der Waals surface area contributed by atoms with E-state index in [9.17, 15) is 0 Å². The largest absolute Gasteiger partial charge is 0.392 e. The predicted molar refractivity (Wildman–Crippen MR) is 41.9 cm³/mol. The molecular formula is C8H17NO. The fourth-order valence-corrected chi connectivity index (χ4v) is 1.57. The van der Waals surface area contributed by atoms with Crippen LogP contribution >= 0.6 is 0 Å². The first-order valence-electron chi connectivity index (χ1n) is 4.09. The van der Waals surface area contributed by atoms with Gasteiger partial charge in [0.15, 0.2) is 0 Å². The van der Waals surface area contributed by atoms with Gasteiger partial charge in [-0.3, -0.25) is 0 Å². The molecule has 0 aromatic carbocycles. The van der Waals surface area contributed by atoms with Crippen LogP contribution in [-0.4, -0.2) is 35.7 Å². The smallest absolute Gasteiger partial charge is 0.0639 e. The van der Waals surface area contributed by atoms with Crippen molar-refractivity contribution in [3.8, 4) is 0 Å².